The molecule has 0 aliphatic rings. The summed E-state index contributed by atoms with van der Waals surface area (Å²) < 4.78 is 4.73. The third kappa shape index (κ3) is 6.50. The molecule has 0 unspecified atom stereocenters. The fourth-order valence-corrected chi connectivity index (χ4v) is 1.38. The van der Waals surface area contributed by atoms with E-state index in [0.29, 0.717) is 6.54 Å². The Bertz CT molecular complexity index is 188. The van der Waals surface area contributed by atoms with Crippen molar-refractivity contribution in [3.05, 3.63) is 0 Å². The maximum atomic E-state index is 11.3. The van der Waals surface area contributed by atoms with E-state index in [4.69, 9.17) is 4.74 Å². The van der Waals surface area contributed by atoms with Gasteiger partial charge in [0.05, 0.1) is 12.5 Å². The largest absolute Gasteiger partial charge is 0.469 e. The Morgan fingerprint density at radius 1 is 1.40 bits per heavy atom. The highest BCUT2D eigenvalue weighted by Crippen LogP contribution is 2.15. The zero-order valence-corrected chi connectivity index (χ0v) is 10.7. The highest BCUT2D eigenvalue weighted by molar-refractivity contribution is 5.75. The van der Waals surface area contributed by atoms with Crippen LogP contribution in [0.5, 0.6) is 0 Å². The molecule has 0 amide bonds. The number of esters is 1. The van der Waals surface area contributed by atoms with Crippen molar-refractivity contribution in [3.63, 3.8) is 0 Å². The van der Waals surface area contributed by atoms with Gasteiger partial charge in [0.25, 0.3) is 0 Å². The van der Waals surface area contributed by atoms with Crippen molar-refractivity contribution in [2.45, 2.75) is 40.5 Å². The summed E-state index contributed by atoms with van der Waals surface area (Å²) in [5, 5.41) is 3.30. The minimum Gasteiger partial charge on any atom is -0.469 e. The molecule has 0 saturated heterocycles. The lowest BCUT2D eigenvalue weighted by Gasteiger charge is -2.21. The molecule has 90 valence electrons. The van der Waals surface area contributed by atoms with Crippen LogP contribution in [0.4, 0.5) is 0 Å². The molecule has 0 aliphatic carbocycles. The van der Waals surface area contributed by atoms with Crippen molar-refractivity contribution in [1.82, 2.24) is 5.32 Å². The summed E-state index contributed by atoms with van der Waals surface area (Å²) in [7, 11) is 1.43. The van der Waals surface area contributed by atoms with Crippen LogP contribution in [0.25, 0.3) is 0 Å². The number of carbonyl (C=O) groups is 1. The van der Waals surface area contributed by atoms with Gasteiger partial charge < -0.3 is 10.1 Å². The Labute approximate surface area is 93.6 Å². The highest BCUT2D eigenvalue weighted by Gasteiger charge is 2.27. The maximum absolute atomic E-state index is 11.3. The molecule has 0 spiro atoms. The number of ether oxygens (including phenoxy) is 1. The second kappa shape index (κ2) is 6.83. The van der Waals surface area contributed by atoms with Crippen LogP contribution in [0.1, 0.15) is 40.5 Å². The first-order chi connectivity index (χ1) is 6.90. The monoisotopic (exact) mass is 215 g/mol. The van der Waals surface area contributed by atoms with E-state index in [-0.39, 0.29) is 5.97 Å². The number of nitrogens with one attached hydrogen (secondary N) is 1. The molecule has 3 heteroatoms. The average Bonchev–Trinajstić information content (AvgIpc) is 2.15. The number of methoxy groups -OCH3 is 1. The van der Waals surface area contributed by atoms with Crippen LogP contribution in [0.2, 0.25) is 0 Å². The van der Waals surface area contributed by atoms with Crippen molar-refractivity contribution < 1.29 is 9.53 Å². The third-order valence-electron chi connectivity index (χ3n) is 2.44. The minimum absolute atomic E-state index is 0.154. The Balaban J connectivity index is 3.62. The van der Waals surface area contributed by atoms with Crippen LogP contribution in [-0.2, 0) is 9.53 Å². The van der Waals surface area contributed by atoms with Gasteiger partial charge >= 0.3 is 5.97 Å². The van der Waals surface area contributed by atoms with Gasteiger partial charge in [-0.2, -0.15) is 0 Å². The van der Waals surface area contributed by atoms with E-state index in [1.165, 1.54) is 13.5 Å². The Morgan fingerprint density at radius 2 is 2.00 bits per heavy atom. The van der Waals surface area contributed by atoms with E-state index in [9.17, 15) is 4.79 Å². The van der Waals surface area contributed by atoms with Crippen molar-refractivity contribution in [3.8, 4) is 0 Å². The van der Waals surface area contributed by atoms with Crippen molar-refractivity contribution in [1.29, 1.82) is 0 Å². The highest BCUT2D eigenvalue weighted by atomic mass is 16.5. The zero-order valence-electron chi connectivity index (χ0n) is 10.7. The second-order valence-corrected chi connectivity index (χ2v) is 5.09. The number of hydrogen-bond donors (Lipinski definition) is 1. The summed E-state index contributed by atoms with van der Waals surface area (Å²) in [6.07, 6.45) is 2.39. The predicted molar refractivity (Wildman–Crippen MR) is 62.7 cm³/mol. The Kier molecular flexibility index (Phi) is 6.57. The first kappa shape index (κ1) is 14.4. The number of rotatable bonds is 7. The van der Waals surface area contributed by atoms with E-state index in [1.54, 1.807) is 0 Å². The van der Waals surface area contributed by atoms with Gasteiger partial charge in [-0.05, 0) is 39.2 Å². The number of carbonyl (C=O) groups excluding carboxylic acids is 1. The molecule has 0 bridgehead atoms. The van der Waals surface area contributed by atoms with Crippen LogP contribution in [0.15, 0.2) is 0 Å². The van der Waals surface area contributed by atoms with E-state index < -0.39 is 5.41 Å². The minimum atomic E-state index is -0.424. The van der Waals surface area contributed by atoms with E-state index in [0.717, 1.165) is 18.9 Å². The van der Waals surface area contributed by atoms with Gasteiger partial charge in [-0.25, -0.2) is 0 Å². The van der Waals surface area contributed by atoms with E-state index in [1.807, 2.05) is 13.8 Å². The predicted octanol–water partition coefficient (Wildman–Crippen LogP) is 2.21. The van der Waals surface area contributed by atoms with Gasteiger partial charge in [0, 0.05) is 6.54 Å². The molecule has 0 aromatic carbocycles. The van der Waals surface area contributed by atoms with Crippen LogP contribution in [-0.4, -0.2) is 26.2 Å². The number of hydrogen-bond acceptors (Lipinski definition) is 3. The van der Waals surface area contributed by atoms with Crippen molar-refractivity contribution in [2.75, 3.05) is 20.2 Å². The van der Waals surface area contributed by atoms with Crippen LogP contribution < -0.4 is 5.32 Å². The van der Waals surface area contributed by atoms with Gasteiger partial charge in [0.15, 0.2) is 0 Å². The molecule has 0 fully saturated rings. The molecule has 0 atom stereocenters. The summed E-state index contributed by atoms with van der Waals surface area (Å²) in [6.45, 7) is 9.88. The van der Waals surface area contributed by atoms with Gasteiger partial charge in [-0.1, -0.05) is 13.8 Å². The zero-order chi connectivity index (χ0) is 11.9. The van der Waals surface area contributed by atoms with Crippen LogP contribution >= 0.6 is 0 Å². The topological polar surface area (TPSA) is 38.3 Å². The Morgan fingerprint density at radius 3 is 2.47 bits per heavy atom. The first-order valence-electron chi connectivity index (χ1n) is 5.69. The third-order valence-corrected chi connectivity index (χ3v) is 2.44. The van der Waals surface area contributed by atoms with Gasteiger partial charge in [-0.3, -0.25) is 4.79 Å². The first-order valence-corrected chi connectivity index (χ1v) is 5.69. The molecule has 0 aromatic heterocycles. The molecule has 0 heterocycles. The summed E-state index contributed by atoms with van der Waals surface area (Å²) in [4.78, 5) is 11.3. The Hall–Kier alpha value is -0.570. The standard InChI is InChI=1S/C12H25NO2/c1-10(2)7-6-8-13-9-12(3,4)11(14)15-5/h10,13H,6-9H2,1-5H3. The molecule has 0 rings (SSSR count). The molecule has 0 aliphatic heterocycles. The average molecular weight is 215 g/mol. The normalized spacial score (nSPS) is 11.9. The molecular weight excluding hydrogens is 190 g/mol. The van der Waals surface area contributed by atoms with Gasteiger partial charge in [0.1, 0.15) is 0 Å². The van der Waals surface area contributed by atoms with Gasteiger partial charge in [0.2, 0.25) is 0 Å². The fourth-order valence-electron chi connectivity index (χ4n) is 1.38. The lowest BCUT2D eigenvalue weighted by Crippen LogP contribution is -2.37. The quantitative estimate of drug-likeness (QED) is 0.522. The van der Waals surface area contributed by atoms with E-state index >= 15 is 0 Å². The molecule has 3 nitrogen and oxygen atoms in total. The molecule has 1 N–H and O–H groups in total. The summed E-state index contributed by atoms with van der Waals surface area (Å²) in [5.74, 6) is 0.597. The second-order valence-electron chi connectivity index (χ2n) is 5.09. The SMILES string of the molecule is COC(=O)C(C)(C)CNCCCC(C)C. The van der Waals surface area contributed by atoms with Crippen molar-refractivity contribution >= 4 is 5.97 Å². The van der Waals surface area contributed by atoms with Gasteiger partial charge in [-0.15, -0.1) is 0 Å². The summed E-state index contributed by atoms with van der Waals surface area (Å²) in [5.41, 5.74) is -0.424. The lowest BCUT2D eigenvalue weighted by molar-refractivity contribution is -0.150. The lowest BCUT2D eigenvalue weighted by atomic mass is 9.94. The summed E-state index contributed by atoms with van der Waals surface area (Å²) >= 11 is 0. The maximum Gasteiger partial charge on any atom is 0.312 e. The van der Waals surface area contributed by atoms with Crippen LogP contribution in [0.3, 0.4) is 0 Å². The smallest absolute Gasteiger partial charge is 0.312 e. The molecule has 0 saturated carbocycles. The molecule has 0 aromatic rings. The van der Waals surface area contributed by atoms with Crippen LogP contribution in [0, 0.1) is 11.3 Å². The molecule has 15 heavy (non-hydrogen) atoms. The molecular formula is C12H25NO2. The molecule has 0 radical (unpaired) electrons. The fraction of sp³-hybridized carbons (Fsp3) is 0.917. The van der Waals surface area contributed by atoms with E-state index in [2.05, 4.69) is 19.2 Å². The summed E-state index contributed by atoms with van der Waals surface area (Å²) in [6, 6.07) is 0. The van der Waals surface area contributed by atoms with Crippen molar-refractivity contribution in [2.24, 2.45) is 11.3 Å².